The molecule has 0 bridgehead atoms. The van der Waals surface area contributed by atoms with Crippen molar-refractivity contribution in [1.82, 2.24) is 0 Å². The van der Waals surface area contributed by atoms with Gasteiger partial charge in [0.1, 0.15) is 17.4 Å². The molecule has 0 atom stereocenters. The van der Waals surface area contributed by atoms with E-state index in [1.807, 2.05) is 0 Å². The standard InChI is InChI=1S/C15H25O3P.C14H22OS.C2H7O2P/c1-11(2)13-8-7-9-14(12(3)4)15(13)17-10-18-19(5,6)16;1-10(2)12-7-6-8-13(11(3)4)14(12)15-9-16-5;1-5(2,3)4/h7-9,11-12H,10H2,1-6H3;6-8,10-11H,9H2,1-5H3;1-2H3,(H,3,4). The van der Waals surface area contributed by atoms with Gasteiger partial charge in [0.2, 0.25) is 0 Å². The van der Waals surface area contributed by atoms with Crippen LogP contribution in [0.4, 0.5) is 0 Å². The lowest BCUT2D eigenvalue weighted by atomic mass is 9.94. The summed E-state index contributed by atoms with van der Waals surface area (Å²) in [6.45, 7) is 23.2. The quantitative estimate of drug-likeness (QED) is 0.199. The smallest absolute Gasteiger partial charge is 0.200 e. The molecule has 2 rings (SSSR count). The first kappa shape index (κ1) is 38.8. The van der Waals surface area contributed by atoms with Crippen LogP contribution in [0.15, 0.2) is 36.4 Å². The van der Waals surface area contributed by atoms with Crippen LogP contribution < -0.4 is 9.47 Å². The molecule has 0 aliphatic carbocycles. The summed E-state index contributed by atoms with van der Waals surface area (Å²) in [6.07, 6.45) is 2.06. The highest BCUT2D eigenvalue weighted by atomic mass is 32.2. The average molecular weight is 617 g/mol. The molecular formula is C31H54O6P2S. The first-order valence-corrected chi connectivity index (χ1v) is 20.2. The molecule has 0 unspecified atom stereocenters. The molecule has 9 heteroatoms. The predicted molar refractivity (Wildman–Crippen MR) is 176 cm³/mol. The molecule has 0 aromatic heterocycles. The Morgan fingerprint density at radius 2 is 0.975 bits per heavy atom. The first-order valence-electron chi connectivity index (χ1n) is 13.8. The summed E-state index contributed by atoms with van der Waals surface area (Å²) in [6, 6.07) is 12.7. The molecule has 0 aliphatic heterocycles. The molecule has 0 heterocycles. The zero-order chi connectivity index (χ0) is 31.3. The second kappa shape index (κ2) is 18.3. The topological polar surface area (TPSA) is 82.1 Å². The van der Waals surface area contributed by atoms with Crippen LogP contribution in [-0.2, 0) is 13.7 Å². The Morgan fingerprint density at radius 3 is 1.23 bits per heavy atom. The van der Waals surface area contributed by atoms with Gasteiger partial charge in [-0.2, -0.15) is 0 Å². The van der Waals surface area contributed by atoms with E-state index in [-0.39, 0.29) is 6.79 Å². The summed E-state index contributed by atoms with van der Waals surface area (Å²) in [5.74, 6) is 4.48. The summed E-state index contributed by atoms with van der Waals surface area (Å²) in [5, 5.41) is 0. The van der Waals surface area contributed by atoms with Crippen molar-refractivity contribution in [1.29, 1.82) is 0 Å². The minimum Gasteiger partial charge on any atom is -0.482 e. The molecule has 0 spiro atoms. The summed E-state index contributed by atoms with van der Waals surface area (Å²) >= 11 is 1.72. The van der Waals surface area contributed by atoms with Crippen molar-refractivity contribution in [3.05, 3.63) is 58.7 Å². The van der Waals surface area contributed by atoms with Gasteiger partial charge in [0.05, 0.1) is 0 Å². The number of hydrogen-bond donors (Lipinski definition) is 1. The molecule has 230 valence electrons. The molecule has 2 aromatic carbocycles. The van der Waals surface area contributed by atoms with E-state index in [1.165, 1.54) is 24.5 Å². The fourth-order valence-corrected chi connectivity index (χ4v) is 4.17. The van der Waals surface area contributed by atoms with E-state index in [0.717, 1.165) is 28.6 Å². The zero-order valence-corrected chi connectivity index (χ0v) is 29.6. The molecule has 0 radical (unpaired) electrons. The lowest BCUT2D eigenvalue weighted by Crippen LogP contribution is -2.07. The third-order valence-electron chi connectivity index (χ3n) is 5.53. The van der Waals surface area contributed by atoms with Gasteiger partial charge in [-0.25, -0.2) is 0 Å². The Balaban J connectivity index is 0.000000657. The number of ether oxygens (including phenoxy) is 2. The number of benzene rings is 2. The van der Waals surface area contributed by atoms with Crippen LogP contribution in [0.1, 0.15) is 101 Å². The monoisotopic (exact) mass is 616 g/mol. The van der Waals surface area contributed by atoms with Crippen molar-refractivity contribution in [2.75, 3.05) is 45.6 Å². The van der Waals surface area contributed by atoms with Crippen LogP contribution in [0.25, 0.3) is 0 Å². The number of thioether (sulfide) groups is 1. The zero-order valence-electron chi connectivity index (χ0n) is 27.0. The molecule has 0 aliphatic rings. The lowest BCUT2D eigenvalue weighted by Gasteiger charge is -2.20. The second-order valence-corrected chi connectivity index (χ2v) is 17.8. The van der Waals surface area contributed by atoms with Crippen LogP contribution in [0.2, 0.25) is 0 Å². The Morgan fingerprint density at radius 1 is 0.675 bits per heavy atom. The molecule has 1 N–H and O–H groups in total. The predicted octanol–water partition coefficient (Wildman–Crippen LogP) is 9.97. The van der Waals surface area contributed by atoms with Crippen molar-refractivity contribution in [2.24, 2.45) is 0 Å². The Hall–Kier alpha value is -1.23. The summed E-state index contributed by atoms with van der Waals surface area (Å²) in [4.78, 5) is 8.08. The van der Waals surface area contributed by atoms with E-state index in [0.29, 0.717) is 23.7 Å². The highest BCUT2D eigenvalue weighted by molar-refractivity contribution is 7.98. The lowest BCUT2D eigenvalue weighted by molar-refractivity contribution is 0.122. The van der Waals surface area contributed by atoms with Crippen molar-refractivity contribution in [3.63, 3.8) is 0 Å². The fraction of sp³-hybridized carbons (Fsp3) is 0.613. The van der Waals surface area contributed by atoms with Crippen LogP contribution in [0, 0.1) is 0 Å². The van der Waals surface area contributed by atoms with Crippen LogP contribution >= 0.6 is 26.5 Å². The largest absolute Gasteiger partial charge is 0.482 e. The molecule has 40 heavy (non-hydrogen) atoms. The first-order chi connectivity index (χ1) is 18.3. The summed E-state index contributed by atoms with van der Waals surface area (Å²) < 4.78 is 38.2. The molecular weight excluding hydrogens is 562 g/mol. The van der Waals surface area contributed by atoms with Crippen LogP contribution in [0.3, 0.4) is 0 Å². The number of rotatable bonds is 11. The van der Waals surface area contributed by atoms with Gasteiger partial charge >= 0.3 is 0 Å². The molecule has 0 amide bonds. The van der Waals surface area contributed by atoms with Gasteiger partial charge in [0.15, 0.2) is 21.5 Å². The second-order valence-electron chi connectivity index (χ2n) is 11.6. The highest BCUT2D eigenvalue weighted by Crippen LogP contribution is 2.39. The van der Waals surface area contributed by atoms with Gasteiger partial charge in [-0.05, 0) is 52.2 Å². The van der Waals surface area contributed by atoms with Crippen molar-refractivity contribution >= 4 is 26.5 Å². The van der Waals surface area contributed by atoms with Gasteiger partial charge in [0.25, 0.3) is 0 Å². The minimum absolute atomic E-state index is 0.0354. The Labute approximate surface area is 248 Å². The summed E-state index contributed by atoms with van der Waals surface area (Å²) in [7, 11) is -5.14. The van der Waals surface area contributed by atoms with Gasteiger partial charge in [0, 0.05) is 26.7 Å². The van der Waals surface area contributed by atoms with Crippen molar-refractivity contribution < 1.29 is 28.0 Å². The van der Waals surface area contributed by atoms with Crippen molar-refractivity contribution in [2.45, 2.75) is 79.1 Å². The Kier molecular flexibility index (Phi) is 17.8. The maximum Gasteiger partial charge on any atom is 0.200 e. The van der Waals surface area contributed by atoms with E-state index >= 15 is 0 Å². The number of hydrogen-bond acceptors (Lipinski definition) is 6. The SMILES string of the molecule is CC(C)c1cccc(C(C)C)c1OCOP(C)(C)=O.CP(C)(=O)O.CSCOc1c(C(C)C)cccc1C(C)C. The van der Waals surface area contributed by atoms with Crippen LogP contribution in [-0.4, -0.2) is 50.5 Å². The van der Waals surface area contributed by atoms with Gasteiger partial charge < -0.3 is 14.4 Å². The van der Waals surface area contributed by atoms with Crippen molar-refractivity contribution in [3.8, 4) is 11.5 Å². The normalized spacial score (nSPS) is 11.8. The maximum absolute atomic E-state index is 11.5. The van der Waals surface area contributed by atoms with E-state index in [1.54, 1.807) is 25.1 Å². The molecule has 0 saturated heterocycles. The van der Waals surface area contributed by atoms with E-state index < -0.39 is 14.7 Å². The third kappa shape index (κ3) is 16.3. The van der Waals surface area contributed by atoms with Crippen LogP contribution in [0.5, 0.6) is 11.5 Å². The molecule has 0 saturated carbocycles. The van der Waals surface area contributed by atoms with E-state index in [4.69, 9.17) is 18.9 Å². The molecule has 0 fully saturated rings. The molecule has 6 nitrogen and oxygen atoms in total. The van der Waals surface area contributed by atoms with Gasteiger partial charge in [-0.3, -0.25) is 13.7 Å². The maximum atomic E-state index is 11.5. The highest BCUT2D eigenvalue weighted by Gasteiger charge is 2.17. The minimum atomic E-state index is -2.64. The fourth-order valence-electron chi connectivity index (χ4n) is 3.63. The van der Waals surface area contributed by atoms with Gasteiger partial charge in [-0.1, -0.05) is 91.8 Å². The Bertz CT molecular complexity index is 1040. The molecule has 2 aromatic rings. The van der Waals surface area contributed by atoms with E-state index in [9.17, 15) is 9.13 Å². The average Bonchev–Trinajstić information content (AvgIpc) is 2.80. The number of para-hydroxylation sites is 2. The summed E-state index contributed by atoms with van der Waals surface area (Å²) in [5.41, 5.74) is 4.97. The van der Waals surface area contributed by atoms with Gasteiger partial charge in [-0.15, -0.1) is 11.8 Å². The third-order valence-corrected chi connectivity index (χ3v) is 6.61. The van der Waals surface area contributed by atoms with E-state index in [2.05, 4.69) is 98.0 Å².